The Kier molecular flexibility index (Phi) is 4.41. The Labute approximate surface area is 127 Å². The summed E-state index contributed by atoms with van der Waals surface area (Å²) >= 11 is 7.40. The number of hydrogen-bond donors (Lipinski definition) is 1. The van der Waals surface area contributed by atoms with Crippen molar-refractivity contribution in [3.8, 4) is 0 Å². The molecular weight excluding hydrogens is 318 g/mol. The fraction of sp³-hybridized carbons (Fsp3) is 0.385. The van der Waals surface area contributed by atoms with Crippen LogP contribution >= 0.6 is 22.9 Å². The van der Waals surface area contributed by atoms with Gasteiger partial charge in [0.2, 0.25) is 10.0 Å². The van der Waals surface area contributed by atoms with E-state index in [2.05, 4.69) is 0 Å². The zero-order valence-electron chi connectivity index (χ0n) is 11.4. The molecule has 0 aliphatic rings. The highest BCUT2D eigenvalue weighted by molar-refractivity contribution is 7.89. The van der Waals surface area contributed by atoms with E-state index in [0.29, 0.717) is 10.4 Å². The number of aliphatic hydroxyl groups is 1. The maximum atomic E-state index is 12.7. The van der Waals surface area contributed by atoms with E-state index in [1.54, 1.807) is 26.0 Å². The maximum absolute atomic E-state index is 12.7. The van der Waals surface area contributed by atoms with Crippen LogP contribution in [0.2, 0.25) is 5.02 Å². The quantitative estimate of drug-likeness (QED) is 0.936. The lowest BCUT2D eigenvalue weighted by molar-refractivity contribution is 0.214. The van der Waals surface area contributed by atoms with Crippen LogP contribution in [0.15, 0.2) is 23.1 Å². The van der Waals surface area contributed by atoms with Gasteiger partial charge in [0.25, 0.3) is 0 Å². The largest absolute Gasteiger partial charge is 0.395 e. The summed E-state index contributed by atoms with van der Waals surface area (Å²) in [6.45, 7) is 3.22. The first-order chi connectivity index (χ1) is 9.28. The molecule has 0 radical (unpaired) electrons. The molecule has 1 N–H and O–H groups in total. The van der Waals surface area contributed by atoms with Crippen LogP contribution in [0.4, 0.5) is 0 Å². The van der Waals surface area contributed by atoms with E-state index in [0.717, 1.165) is 9.58 Å². The number of benzene rings is 1. The van der Waals surface area contributed by atoms with Gasteiger partial charge in [0.1, 0.15) is 4.90 Å². The third kappa shape index (κ3) is 2.58. The van der Waals surface area contributed by atoms with Gasteiger partial charge in [0.15, 0.2) is 0 Å². The van der Waals surface area contributed by atoms with Crippen molar-refractivity contribution in [3.63, 3.8) is 0 Å². The number of rotatable bonds is 4. The first-order valence-corrected chi connectivity index (χ1v) is 8.70. The topological polar surface area (TPSA) is 57.6 Å². The predicted octanol–water partition coefficient (Wildman–Crippen LogP) is 2.86. The molecule has 0 saturated heterocycles. The summed E-state index contributed by atoms with van der Waals surface area (Å²) in [4.78, 5) is 1.00. The Morgan fingerprint density at radius 1 is 1.45 bits per heavy atom. The third-order valence-corrected chi connectivity index (χ3v) is 6.90. The highest BCUT2D eigenvalue weighted by atomic mass is 35.5. The van der Waals surface area contributed by atoms with E-state index in [-0.39, 0.29) is 11.5 Å². The summed E-state index contributed by atoms with van der Waals surface area (Å²) in [5, 5.41) is 10.3. The highest BCUT2D eigenvalue weighted by Crippen LogP contribution is 2.37. The van der Waals surface area contributed by atoms with Crippen molar-refractivity contribution in [2.45, 2.75) is 24.8 Å². The molecule has 0 aliphatic heterocycles. The van der Waals surface area contributed by atoms with E-state index in [1.807, 2.05) is 6.07 Å². The van der Waals surface area contributed by atoms with Crippen molar-refractivity contribution in [2.75, 3.05) is 13.7 Å². The third-order valence-electron chi connectivity index (χ3n) is 3.29. The fourth-order valence-electron chi connectivity index (χ4n) is 1.99. The van der Waals surface area contributed by atoms with E-state index in [4.69, 9.17) is 16.7 Å². The Balaban J connectivity index is 2.68. The second-order valence-electron chi connectivity index (χ2n) is 4.68. The van der Waals surface area contributed by atoms with Crippen LogP contribution in [0.1, 0.15) is 11.8 Å². The summed E-state index contributed by atoms with van der Waals surface area (Å²) in [6.07, 6.45) is 0. The van der Waals surface area contributed by atoms with Gasteiger partial charge in [-0.05, 0) is 32.0 Å². The van der Waals surface area contributed by atoms with Crippen molar-refractivity contribution in [3.05, 3.63) is 28.1 Å². The van der Waals surface area contributed by atoms with Gasteiger partial charge in [0, 0.05) is 33.1 Å². The van der Waals surface area contributed by atoms with Crippen LogP contribution in [0.25, 0.3) is 10.1 Å². The Morgan fingerprint density at radius 3 is 2.70 bits per heavy atom. The minimum atomic E-state index is -3.66. The van der Waals surface area contributed by atoms with Crippen LogP contribution in [-0.4, -0.2) is 37.5 Å². The first-order valence-electron chi connectivity index (χ1n) is 6.06. The molecule has 0 aliphatic carbocycles. The molecule has 1 aromatic heterocycles. The Morgan fingerprint density at radius 2 is 2.10 bits per heavy atom. The van der Waals surface area contributed by atoms with Crippen LogP contribution < -0.4 is 0 Å². The molecule has 0 saturated carbocycles. The van der Waals surface area contributed by atoms with Crippen molar-refractivity contribution < 1.29 is 13.5 Å². The second kappa shape index (κ2) is 5.61. The van der Waals surface area contributed by atoms with Gasteiger partial charge in [-0.1, -0.05) is 11.6 Å². The molecule has 1 heterocycles. The van der Waals surface area contributed by atoms with Crippen molar-refractivity contribution >= 4 is 43.0 Å². The minimum absolute atomic E-state index is 0.225. The molecule has 20 heavy (non-hydrogen) atoms. The van der Waals surface area contributed by atoms with E-state index >= 15 is 0 Å². The average molecular weight is 334 g/mol. The number of aryl methyl sites for hydroxylation is 1. The number of nitrogens with zero attached hydrogens (tertiary/aromatic N) is 1. The standard InChI is InChI=1S/C13H16ClNO3S2/c1-8(7-16)15(3)20(17,18)13-9(2)19-12-5-4-10(14)6-11(12)13/h4-6,8,16H,7H2,1-3H3/t8-/m0/s1. The van der Waals surface area contributed by atoms with Gasteiger partial charge in [-0.15, -0.1) is 11.3 Å². The summed E-state index contributed by atoms with van der Waals surface area (Å²) in [7, 11) is -2.18. The lowest BCUT2D eigenvalue weighted by Crippen LogP contribution is -2.37. The summed E-state index contributed by atoms with van der Waals surface area (Å²) < 4.78 is 27.5. The SMILES string of the molecule is Cc1sc2ccc(Cl)cc2c1S(=O)(=O)N(C)[C@@H](C)CO. The zero-order chi connectivity index (χ0) is 15.1. The normalized spacial score (nSPS) is 14.1. The number of sulfonamides is 1. The summed E-state index contributed by atoms with van der Waals surface area (Å²) in [6, 6.07) is 4.76. The first kappa shape index (κ1) is 15.7. The van der Waals surface area contributed by atoms with Crippen molar-refractivity contribution in [1.82, 2.24) is 4.31 Å². The molecule has 1 aromatic carbocycles. The number of fused-ring (bicyclic) bond motifs is 1. The molecular formula is C13H16ClNO3S2. The molecule has 0 unspecified atom stereocenters. The van der Waals surface area contributed by atoms with Gasteiger partial charge in [-0.25, -0.2) is 8.42 Å². The van der Waals surface area contributed by atoms with Crippen LogP contribution in [0, 0.1) is 6.92 Å². The van der Waals surface area contributed by atoms with Crippen LogP contribution in [0.5, 0.6) is 0 Å². The number of halogens is 1. The van der Waals surface area contributed by atoms with Crippen LogP contribution in [-0.2, 0) is 10.0 Å². The Hall–Kier alpha value is -0.660. The number of aliphatic hydroxyl groups excluding tert-OH is 1. The lowest BCUT2D eigenvalue weighted by Gasteiger charge is -2.22. The lowest BCUT2D eigenvalue weighted by atomic mass is 10.2. The summed E-state index contributed by atoms with van der Waals surface area (Å²) in [5.74, 6) is 0. The second-order valence-corrected chi connectivity index (χ2v) is 8.31. The highest BCUT2D eigenvalue weighted by Gasteiger charge is 2.29. The van der Waals surface area contributed by atoms with E-state index in [1.165, 1.54) is 22.7 Å². The van der Waals surface area contributed by atoms with Gasteiger partial charge < -0.3 is 5.11 Å². The van der Waals surface area contributed by atoms with Gasteiger partial charge in [-0.3, -0.25) is 0 Å². The monoisotopic (exact) mass is 333 g/mol. The molecule has 0 fully saturated rings. The Bertz CT molecular complexity index is 739. The molecule has 2 aromatic rings. The van der Waals surface area contributed by atoms with Crippen LogP contribution in [0.3, 0.4) is 0 Å². The molecule has 0 bridgehead atoms. The minimum Gasteiger partial charge on any atom is -0.395 e. The van der Waals surface area contributed by atoms with E-state index < -0.39 is 16.1 Å². The predicted molar refractivity (Wildman–Crippen MR) is 83.1 cm³/mol. The molecule has 4 nitrogen and oxygen atoms in total. The van der Waals surface area contributed by atoms with E-state index in [9.17, 15) is 8.42 Å². The van der Waals surface area contributed by atoms with Crippen molar-refractivity contribution in [1.29, 1.82) is 0 Å². The molecule has 1 atom stereocenters. The molecule has 2 rings (SSSR count). The molecule has 110 valence electrons. The molecule has 0 amide bonds. The zero-order valence-corrected chi connectivity index (χ0v) is 13.8. The number of likely N-dealkylation sites (N-methyl/N-ethyl adjacent to an activating group) is 1. The maximum Gasteiger partial charge on any atom is 0.244 e. The summed E-state index contributed by atoms with van der Waals surface area (Å²) in [5.41, 5.74) is 0. The average Bonchev–Trinajstić information content (AvgIpc) is 2.72. The number of hydrogen-bond acceptors (Lipinski definition) is 4. The van der Waals surface area contributed by atoms with Gasteiger partial charge in [-0.2, -0.15) is 4.31 Å². The fourth-order valence-corrected chi connectivity index (χ4v) is 5.24. The molecule has 0 spiro atoms. The van der Waals surface area contributed by atoms with Gasteiger partial charge in [0.05, 0.1) is 6.61 Å². The van der Waals surface area contributed by atoms with Gasteiger partial charge >= 0.3 is 0 Å². The molecule has 7 heteroatoms. The van der Waals surface area contributed by atoms with Crippen molar-refractivity contribution in [2.24, 2.45) is 0 Å². The number of thiophene rings is 1. The smallest absolute Gasteiger partial charge is 0.244 e.